The third kappa shape index (κ3) is 4.71. The molecular formula is C19H13N3O5S. The number of nitro groups is 2. The fourth-order valence-electron chi connectivity index (χ4n) is 2.34. The van der Waals surface area contributed by atoms with E-state index in [1.165, 1.54) is 48.2 Å². The second-order valence-electron chi connectivity index (χ2n) is 5.64. The number of benzene rings is 3. The molecule has 1 amide bonds. The minimum absolute atomic E-state index is 0.0311. The van der Waals surface area contributed by atoms with Gasteiger partial charge in [-0.15, -0.1) is 0 Å². The van der Waals surface area contributed by atoms with Crippen molar-refractivity contribution in [2.75, 3.05) is 5.32 Å². The molecule has 0 saturated carbocycles. The number of rotatable bonds is 6. The van der Waals surface area contributed by atoms with Gasteiger partial charge in [-0.05, 0) is 42.5 Å². The van der Waals surface area contributed by atoms with Gasteiger partial charge in [-0.25, -0.2) is 0 Å². The monoisotopic (exact) mass is 395 g/mol. The molecule has 0 heterocycles. The Kier molecular flexibility index (Phi) is 5.66. The number of carbonyl (C=O) groups is 1. The zero-order chi connectivity index (χ0) is 20.1. The van der Waals surface area contributed by atoms with E-state index in [9.17, 15) is 25.0 Å². The maximum atomic E-state index is 12.3. The minimum Gasteiger partial charge on any atom is -0.322 e. The normalized spacial score (nSPS) is 10.3. The Hall–Kier alpha value is -3.72. The summed E-state index contributed by atoms with van der Waals surface area (Å²) in [7, 11) is 0. The van der Waals surface area contributed by atoms with Crippen molar-refractivity contribution in [2.24, 2.45) is 0 Å². The molecule has 3 aromatic carbocycles. The number of anilines is 1. The molecule has 0 bridgehead atoms. The Labute approximate surface area is 163 Å². The van der Waals surface area contributed by atoms with Crippen LogP contribution in [0.5, 0.6) is 0 Å². The lowest BCUT2D eigenvalue weighted by atomic mass is 10.2. The molecule has 28 heavy (non-hydrogen) atoms. The van der Waals surface area contributed by atoms with Crippen molar-refractivity contribution in [3.05, 3.63) is 98.6 Å². The van der Waals surface area contributed by atoms with E-state index in [0.29, 0.717) is 5.69 Å². The molecule has 9 heteroatoms. The van der Waals surface area contributed by atoms with Crippen LogP contribution in [0.2, 0.25) is 0 Å². The summed E-state index contributed by atoms with van der Waals surface area (Å²) >= 11 is 1.43. The van der Waals surface area contributed by atoms with E-state index >= 15 is 0 Å². The van der Waals surface area contributed by atoms with Crippen LogP contribution < -0.4 is 5.32 Å². The summed E-state index contributed by atoms with van der Waals surface area (Å²) in [6.45, 7) is 0. The predicted molar refractivity (Wildman–Crippen MR) is 105 cm³/mol. The molecule has 0 aliphatic rings. The van der Waals surface area contributed by atoms with Crippen molar-refractivity contribution in [3.63, 3.8) is 0 Å². The van der Waals surface area contributed by atoms with Gasteiger partial charge in [0.1, 0.15) is 0 Å². The van der Waals surface area contributed by atoms with Crippen LogP contribution in [0.1, 0.15) is 10.4 Å². The molecule has 0 aromatic heterocycles. The van der Waals surface area contributed by atoms with Crippen molar-refractivity contribution >= 4 is 34.7 Å². The largest absolute Gasteiger partial charge is 0.322 e. The van der Waals surface area contributed by atoms with Gasteiger partial charge in [0.25, 0.3) is 17.3 Å². The molecule has 0 aliphatic carbocycles. The number of carbonyl (C=O) groups excluding carboxylic acids is 1. The summed E-state index contributed by atoms with van der Waals surface area (Å²) in [4.78, 5) is 34.5. The molecule has 0 fully saturated rings. The summed E-state index contributed by atoms with van der Waals surface area (Å²) in [5.41, 5.74) is 0.620. The van der Waals surface area contributed by atoms with E-state index in [1.54, 1.807) is 36.4 Å². The van der Waals surface area contributed by atoms with Crippen LogP contribution in [0, 0.1) is 20.2 Å². The summed E-state index contributed by atoms with van der Waals surface area (Å²) in [5, 5.41) is 24.2. The highest BCUT2D eigenvalue weighted by atomic mass is 32.2. The lowest BCUT2D eigenvalue weighted by Crippen LogP contribution is -2.11. The van der Waals surface area contributed by atoms with Gasteiger partial charge in [0.2, 0.25) is 0 Å². The van der Waals surface area contributed by atoms with Crippen LogP contribution in [0.25, 0.3) is 0 Å². The maximum Gasteiger partial charge on any atom is 0.270 e. The third-order valence-electron chi connectivity index (χ3n) is 3.71. The highest BCUT2D eigenvalue weighted by molar-refractivity contribution is 7.99. The molecule has 140 valence electrons. The van der Waals surface area contributed by atoms with E-state index in [1.807, 2.05) is 0 Å². The van der Waals surface area contributed by atoms with Crippen LogP contribution in [-0.4, -0.2) is 15.8 Å². The van der Waals surface area contributed by atoms with Crippen LogP contribution in [0.3, 0.4) is 0 Å². The van der Waals surface area contributed by atoms with E-state index < -0.39 is 15.8 Å². The number of hydrogen-bond acceptors (Lipinski definition) is 6. The first kappa shape index (κ1) is 19.1. The van der Waals surface area contributed by atoms with Gasteiger partial charge in [0, 0.05) is 45.3 Å². The Bertz CT molecular complexity index is 1040. The first-order valence-electron chi connectivity index (χ1n) is 8.00. The van der Waals surface area contributed by atoms with Gasteiger partial charge >= 0.3 is 0 Å². The molecule has 0 spiro atoms. The standard InChI is InChI=1S/C19H13N3O5S/c23-19(13-2-1-3-16(12-13)22(26)27)20-14-4-8-17(9-5-14)28-18-10-6-15(7-11-18)21(24)25/h1-12H,(H,20,23). The number of nitrogens with zero attached hydrogens (tertiary/aromatic N) is 2. The van der Waals surface area contributed by atoms with Crippen molar-refractivity contribution in [3.8, 4) is 0 Å². The van der Waals surface area contributed by atoms with Crippen LogP contribution in [0.4, 0.5) is 17.1 Å². The second-order valence-corrected chi connectivity index (χ2v) is 6.79. The Balaban J connectivity index is 1.65. The maximum absolute atomic E-state index is 12.3. The molecular weight excluding hydrogens is 382 g/mol. The first-order chi connectivity index (χ1) is 13.4. The molecule has 3 rings (SSSR count). The third-order valence-corrected chi connectivity index (χ3v) is 4.73. The Morgan fingerprint density at radius 1 is 0.786 bits per heavy atom. The SMILES string of the molecule is O=C(Nc1ccc(Sc2ccc([N+](=O)[O-])cc2)cc1)c1cccc([N+](=O)[O-])c1. The Morgan fingerprint density at radius 3 is 1.93 bits per heavy atom. The summed E-state index contributed by atoms with van der Waals surface area (Å²) in [5.74, 6) is -0.445. The van der Waals surface area contributed by atoms with Gasteiger partial charge in [-0.2, -0.15) is 0 Å². The van der Waals surface area contributed by atoms with Crippen molar-refractivity contribution < 1.29 is 14.6 Å². The zero-order valence-corrected chi connectivity index (χ0v) is 15.1. The Morgan fingerprint density at radius 2 is 1.36 bits per heavy atom. The highest BCUT2D eigenvalue weighted by Crippen LogP contribution is 2.30. The fourth-order valence-corrected chi connectivity index (χ4v) is 3.16. The average molecular weight is 395 g/mol. The molecule has 0 radical (unpaired) electrons. The first-order valence-corrected chi connectivity index (χ1v) is 8.82. The number of amides is 1. The van der Waals surface area contributed by atoms with Gasteiger partial charge in [0.15, 0.2) is 0 Å². The quantitative estimate of drug-likeness (QED) is 0.468. The fraction of sp³-hybridized carbons (Fsp3) is 0. The molecule has 1 N–H and O–H groups in total. The van der Waals surface area contributed by atoms with Gasteiger partial charge < -0.3 is 5.32 Å². The van der Waals surface area contributed by atoms with Gasteiger partial charge in [-0.3, -0.25) is 25.0 Å². The number of nitro benzene ring substituents is 2. The van der Waals surface area contributed by atoms with Crippen LogP contribution in [-0.2, 0) is 0 Å². The second kappa shape index (κ2) is 8.31. The predicted octanol–water partition coefficient (Wildman–Crippen LogP) is 4.91. The average Bonchev–Trinajstić information content (AvgIpc) is 2.70. The lowest BCUT2D eigenvalue weighted by Gasteiger charge is -2.07. The van der Waals surface area contributed by atoms with Crippen LogP contribution >= 0.6 is 11.8 Å². The smallest absolute Gasteiger partial charge is 0.270 e. The molecule has 0 atom stereocenters. The van der Waals surface area contributed by atoms with Gasteiger partial charge in [-0.1, -0.05) is 17.8 Å². The molecule has 3 aromatic rings. The topological polar surface area (TPSA) is 115 Å². The molecule has 0 aliphatic heterocycles. The van der Waals surface area contributed by atoms with Crippen molar-refractivity contribution in [1.29, 1.82) is 0 Å². The van der Waals surface area contributed by atoms with E-state index in [0.717, 1.165) is 9.79 Å². The summed E-state index contributed by atoms with van der Waals surface area (Å²) in [6.07, 6.45) is 0. The van der Waals surface area contributed by atoms with Gasteiger partial charge in [0.05, 0.1) is 9.85 Å². The molecule has 0 saturated heterocycles. The molecule has 0 unspecified atom stereocenters. The van der Waals surface area contributed by atoms with Crippen LogP contribution in [0.15, 0.2) is 82.6 Å². The zero-order valence-electron chi connectivity index (χ0n) is 14.3. The van der Waals surface area contributed by atoms with E-state index in [-0.39, 0.29) is 16.9 Å². The molecule has 8 nitrogen and oxygen atoms in total. The number of non-ortho nitro benzene ring substituents is 2. The van der Waals surface area contributed by atoms with E-state index in [2.05, 4.69) is 5.32 Å². The number of hydrogen-bond donors (Lipinski definition) is 1. The summed E-state index contributed by atoms with van der Waals surface area (Å²) in [6, 6.07) is 18.7. The van der Waals surface area contributed by atoms with Crippen molar-refractivity contribution in [1.82, 2.24) is 0 Å². The van der Waals surface area contributed by atoms with E-state index in [4.69, 9.17) is 0 Å². The highest BCUT2D eigenvalue weighted by Gasteiger charge is 2.12. The summed E-state index contributed by atoms with van der Waals surface area (Å²) < 4.78 is 0. The lowest BCUT2D eigenvalue weighted by molar-refractivity contribution is -0.385. The van der Waals surface area contributed by atoms with Crippen molar-refractivity contribution in [2.45, 2.75) is 9.79 Å². The minimum atomic E-state index is -0.555. The number of nitrogens with one attached hydrogen (secondary N) is 1.